The van der Waals surface area contributed by atoms with Crippen LogP contribution in [0.15, 0.2) is 45.6 Å². The first-order valence-corrected chi connectivity index (χ1v) is 9.29. The highest BCUT2D eigenvalue weighted by Crippen LogP contribution is 2.29. The number of rotatable bonds is 6. The number of carbonyl (C=O) groups excluding carboxylic acids is 1. The summed E-state index contributed by atoms with van der Waals surface area (Å²) in [6, 6.07) is 10.2. The second-order valence-electron chi connectivity index (χ2n) is 6.33. The number of halogens is 1. The largest absolute Gasteiger partial charge is 0.496 e. The van der Waals surface area contributed by atoms with Crippen molar-refractivity contribution in [2.45, 2.75) is 26.3 Å². The van der Waals surface area contributed by atoms with Gasteiger partial charge < -0.3 is 20.2 Å². The van der Waals surface area contributed by atoms with Gasteiger partial charge in [-0.25, -0.2) is 4.79 Å². The Labute approximate surface area is 167 Å². The van der Waals surface area contributed by atoms with E-state index in [0.29, 0.717) is 40.4 Å². The molecule has 1 aromatic heterocycles. The molecular formula is C21H21ClN2O4. The highest BCUT2D eigenvalue weighted by molar-refractivity contribution is 6.34. The summed E-state index contributed by atoms with van der Waals surface area (Å²) < 4.78 is 10.9. The average molecular weight is 401 g/mol. The van der Waals surface area contributed by atoms with Crippen molar-refractivity contribution in [2.24, 2.45) is 5.73 Å². The van der Waals surface area contributed by atoms with Gasteiger partial charge in [-0.3, -0.25) is 4.79 Å². The van der Waals surface area contributed by atoms with E-state index >= 15 is 0 Å². The molecule has 0 unspecified atom stereocenters. The molecule has 0 aliphatic heterocycles. The summed E-state index contributed by atoms with van der Waals surface area (Å²) in [4.78, 5) is 25.1. The Kier molecular flexibility index (Phi) is 6.02. The maximum Gasteiger partial charge on any atom is 0.349 e. The van der Waals surface area contributed by atoms with E-state index in [-0.39, 0.29) is 5.56 Å². The summed E-state index contributed by atoms with van der Waals surface area (Å²) >= 11 is 6.18. The highest BCUT2D eigenvalue weighted by Gasteiger charge is 2.18. The lowest BCUT2D eigenvalue weighted by Gasteiger charge is -2.11. The maximum atomic E-state index is 12.6. The van der Waals surface area contributed by atoms with Gasteiger partial charge in [0.05, 0.1) is 17.8 Å². The molecule has 0 radical (unpaired) electrons. The number of fused-ring (bicyclic) bond motifs is 1. The Balaban J connectivity index is 2.00. The minimum atomic E-state index is -0.717. The van der Waals surface area contributed by atoms with Crippen molar-refractivity contribution in [1.82, 2.24) is 0 Å². The molecule has 0 fully saturated rings. The number of nitrogens with two attached hydrogens (primary N) is 1. The molecule has 2 aromatic carbocycles. The van der Waals surface area contributed by atoms with Crippen molar-refractivity contribution < 1.29 is 13.9 Å². The highest BCUT2D eigenvalue weighted by atomic mass is 35.5. The molecule has 28 heavy (non-hydrogen) atoms. The van der Waals surface area contributed by atoms with E-state index < -0.39 is 11.5 Å². The standard InChI is InChI=1S/C21H21ClN2O4/c1-3-4-14-18(27-2)8-6-13-10-15(21(26)28-19(13)14)20(25)24-17-7-5-12(11-23)9-16(17)22/h5-10H,3-4,11,23H2,1-2H3,(H,24,25). The van der Waals surface area contributed by atoms with E-state index in [9.17, 15) is 9.59 Å². The summed E-state index contributed by atoms with van der Waals surface area (Å²) in [5.41, 5.74) is 7.25. The van der Waals surface area contributed by atoms with Crippen LogP contribution < -0.4 is 21.4 Å². The zero-order chi connectivity index (χ0) is 20.3. The summed E-state index contributed by atoms with van der Waals surface area (Å²) in [6.45, 7) is 2.36. The van der Waals surface area contributed by atoms with Gasteiger partial charge in [-0.1, -0.05) is 31.0 Å². The summed E-state index contributed by atoms with van der Waals surface area (Å²) in [5, 5.41) is 3.64. The zero-order valence-electron chi connectivity index (χ0n) is 15.7. The number of carbonyl (C=O) groups is 1. The molecule has 0 spiro atoms. The third kappa shape index (κ3) is 3.88. The van der Waals surface area contributed by atoms with Crippen molar-refractivity contribution in [3.05, 3.63) is 68.5 Å². The van der Waals surface area contributed by atoms with Crippen molar-refractivity contribution in [3.63, 3.8) is 0 Å². The van der Waals surface area contributed by atoms with Crippen LogP contribution in [0.25, 0.3) is 11.0 Å². The fraction of sp³-hybridized carbons (Fsp3) is 0.238. The molecule has 0 aliphatic carbocycles. The molecule has 0 bridgehead atoms. The molecule has 0 saturated carbocycles. The lowest BCUT2D eigenvalue weighted by atomic mass is 10.0. The minimum absolute atomic E-state index is 0.0981. The Morgan fingerprint density at radius 1 is 1.25 bits per heavy atom. The van der Waals surface area contributed by atoms with Crippen molar-refractivity contribution in [2.75, 3.05) is 12.4 Å². The number of nitrogens with one attached hydrogen (secondary N) is 1. The van der Waals surface area contributed by atoms with Crippen LogP contribution in [0.4, 0.5) is 5.69 Å². The first kappa shape index (κ1) is 19.9. The normalized spacial score (nSPS) is 10.9. The van der Waals surface area contributed by atoms with E-state index in [1.807, 2.05) is 6.92 Å². The number of anilines is 1. The first-order valence-electron chi connectivity index (χ1n) is 8.92. The lowest BCUT2D eigenvalue weighted by molar-refractivity contribution is 0.102. The Bertz CT molecular complexity index is 1090. The number of aryl methyl sites for hydroxylation is 1. The molecular weight excluding hydrogens is 380 g/mol. The minimum Gasteiger partial charge on any atom is -0.496 e. The first-order chi connectivity index (χ1) is 13.5. The van der Waals surface area contributed by atoms with Crippen LogP contribution in [0.1, 0.15) is 34.8 Å². The zero-order valence-corrected chi connectivity index (χ0v) is 16.4. The molecule has 6 nitrogen and oxygen atoms in total. The number of amides is 1. The predicted octanol–water partition coefficient (Wildman–Crippen LogP) is 4.12. The van der Waals surface area contributed by atoms with Crippen molar-refractivity contribution >= 4 is 34.2 Å². The molecule has 3 rings (SSSR count). The maximum absolute atomic E-state index is 12.6. The summed E-state index contributed by atoms with van der Waals surface area (Å²) in [6.07, 6.45) is 1.55. The quantitative estimate of drug-likeness (QED) is 0.607. The molecule has 0 atom stereocenters. The lowest BCUT2D eigenvalue weighted by Crippen LogP contribution is -2.21. The smallest absolute Gasteiger partial charge is 0.349 e. The van der Waals surface area contributed by atoms with Crippen LogP contribution >= 0.6 is 11.6 Å². The fourth-order valence-electron chi connectivity index (χ4n) is 3.04. The number of hydrogen-bond donors (Lipinski definition) is 2. The summed E-state index contributed by atoms with van der Waals surface area (Å²) in [7, 11) is 1.57. The summed E-state index contributed by atoms with van der Waals surface area (Å²) in [5.74, 6) is 0.0624. The van der Waals surface area contributed by atoms with Gasteiger partial charge in [0.1, 0.15) is 16.9 Å². The average Bonchev–Trinajstić information content (AvgIpc) is 2.69. The van der Waals surface area contributed by atoms with E-state index in [1.54, 1.807) is 37.4 Å². The van der Waals surface area contributed by atoms with Crippen LogP contribution in [0.5, 0.6) is 5.75 Å². The van der Waals surface area contributed by atoms with Crippen molar-refractivity contribution in [1.29, 1.82) is 0 Å². The van der Waals surface area contributed by atoms with Gasteiger partial charge in [0, 0.05) is 17.5 Å². The fourth-order valence-corrected chi connectivity index (χ4v) is 3.29. The number of hydrogen-bond acceptors (Lipinski definition) is 5. The number of benzene rings is 2. The van der Waals surface area contributed by atoms with Crippen molar-refractivity contribution in [3.8, 4) is 5.75 Å². The van der Waals surface area contributed by atoms with Crippen LogP contribution in [-0.2, 0) is 13.0 Å². The molecule has 3 N–H and O–H groups in total. The number of methoxy groups -OCH3 is 1. The van der Waals surface area contributed by atoms with Crippen LogP contribution in [0, 0.1) is 0 Å². The molecule has 146 valence electrons. The van der Waals surface area contributed by atoms with E-state index in [4.69, 9.17) is 26.5 Å². The molecule has 3 aromatic rings. The van der Waals surface area contributed by atoms with Gasteiger partial charge in [-0.2, -0.15) is 0 Å². The van der Waals surface area contributed by atoms with Crippen LogP contribution in [0.2, 0.25) is 5.02 Å². The van der Waals surface area contributed by atoms with Gasteiger partial charge in [0.25, 0.3) is 5.91 Å². The van der Waals surface area contributed by atoms with Gasteiger partial charge in [0.2, 0.25) is 0 Å². The third-order valence-electron chi connectivity index (χ3n) is 4.44. The predicted molar refractivity (Wildman–Crippen MR) is 110 cm³/mol. The molecule has 1 heterocycles. The second kappa shape index (κ2) is 8.46. The van der Waals surface area contributed by atoms with Crippen LogP contribution in [0.3, 0.4) is 0 Å². The monoisotopic (exact) mass is 400 g/mol. The van der Waals surface area contributed by atoms with E-state index in [1.165, 1.54) is 6.07 Å². The molecule has 0 saturated heterocycles. The number of ether oxygens (including phenoxy) is 1. The second-order valence-corrected chi connectivity index (χ2v) is 6.74. The van der Waals surface area contributed by atoms with Gasteiger partial charge in [-0.05, 0) is 42.3 Å². The molecule has 7 heteroatoms. The molecule has 0 aliphatic rings. The SMILES string of the molecule is CCCc1c(OC)ccc2cc(C(=O)Nc3ccc(CN)cc3Cl)c(=O)oc12. The Morgan fingerprint density at radius 3 is 2.68 bits per heavy atom. The van der Waals surface area contributed by atoms with Crippen LogP contribution in [-0.4, -0.2) is 13.0 Å². The Hall–Kier alpha value is -2.83. The van der Waals surface area contributed by atoms with E-state index in [0.717, 1.165) is 17.5 Å². The van der Waals surface area contributed by atoms with E-state index in [2.05, 4.69) is 5.32 Å². The topological polar surface area (TPSA) is 94.6 Å². The van der Waals surface area contributed by atoms with Gasteiger partial charge in [0.15, 0.2) is 0 Å². The van der Waals surface area contributed by atoms with Gasteiger partial charge >= 0.3 is 5.63 Å². The van der Waals surface area contributed by atoms with Gasteiger partial charge in [-0.15, -0.1) is 0 Å². The third-order valence-corrected chi connectivity index (χ3v) is 4.76. The Morgan fingerprint density at radius 2 is 2.04 bits per heavy atom. The molecule has 1 amide bonds.